The second kappa shape index (κ2) is 5.58. The molecule has 0 bridgehead atoms. The molecule has 1 N–H and O–H groups in total. The minimum absolute atomic E-state index is 0.0671. The average molecular weight is 305 g/mol. The van der Waals surface area contributed by atoms with Crippen LogP contribution in [0.25, 0.3) is 5.95 Å². The predicted octanol–water partition coefficient (Wildman–Crippen LogP) is -0.369. The van der Waals surface area contributed by atoms with Gasteiger partial charge in [0.05, 0.1) is 12.5 Å². The molecule has 9 nitrogen and oxygen atoms in total. The number of carbonyl (C=O) groups is 1. The number of nitrogens with one attached hydrogen (secondary N) is 1. The third kappa shape index (κ3) is 2.45. The van der Waals surface area contributed by atoms with Gasteiger partial charge in [-0.1, -0.05) is 0 Å². The predicted molar refractivity (Wildman–Crippen MR) is 74.6 cm³/mol. The lowest BCUT2D eigenvalue weighted by Gasteiger charge is -2.33. The van der Waals surface area contributed by atoms with Crippen molar-refractivity contribution in [3.05, 3.63) is 39.4 Å². The highest BCUT2D eigenvalue weighted by Crippen LogP contribution is 2.36. The highest BCUT2D eigenvalue weighted by atomic mass is 16.5. The van der Waals surface area contributed by atoms with Gasteiger partial charge in [-0.2, -0.15) is 10.1 Å². The van der Waals surface area contributed by atoms with Crippen LogP contribution >= 0.6 is 0 Å². The third-order valence-electron chi connectivity index (χ3n) is 3.66. The zero-order valence-corrected chi connectivity index (χ0v) is 11.9. The third-order valence-corrected chi connectivity index (χ3v) is 3.66. The summed E-state index contributed by atoms with van der Waals surface area (Å²) < 4.78 is 7.26. The molecule has 0 aromatic carbocycles. The minimum atomic E-state index is -0.651. The maximum Gasteiger partial charge on any atom is 0.355 e. The summed E-state index contributed by atoms with van der Waals surface area (Å²) in [5, 5.41) is 3.91. The summed E-state index contributed by atoms with van der Waals surface area (Å²) in [7, 11) is 0. The first-order chi connectivity index (χ1) is 10.6. The van der Waals surface area contributed by atoms with E-state index in [4.69, 9.17) is 4.74 Å². The number of rotatable bonds is 4. The van der Waals surface area contributed by atoms with Crippen LogP contribution in [0, 0.1) is 5.92 Å². The quantitative estimate of drug-likeness (QED) is 0.771. The van der Waals surface area contributed by atoms with Crippen LogP contribution in [-0.2, 0) is 9.53 Å². The Morgan fingerprint density at radius 3 is 2.82 bits per heavy atom. The molecule has 2 heterocycles. The van der Waals surface area contributed by atoms with Gasteiger partial charge in [0.25, 0.3) is 0 Å². The first-order valence-corrected chi connectivity index (χ1v) is 6.99. The zero-order chi connectivity index (χ0) is 15.7. The van der Waals surface area contributed by atoms with Crippen molar-refractivity contribution in [1.82, 2.24) is 24.3 Å². The minimum Gasteiger partial charge on any atom is -0.466 e. The van der Waals surface area contributed by atoms with Gasteiger partial charge in [0.2, 0.25) is 5.95 Å². The molecule has 0 unspecified atom stereocenters. The van der Waals surface area contributed by atoms with E-state index in [1.807, 2.05) is 0 Å². The summed E-state index contributed by atoms with van der Waals surface area (Å²) in [6, 6.07) is 1.33. The fourth-order valence-corrected chi connectivity index (χ4v) is 2.49. The molecule has 9 heteroatoms. The van der Waals surface area contributed by atoms with E-state index in [1.54, 1.807) is 19.2 Å². The Labute approximate surface area is 124 Å². The standard InChI is InChI=1S/C13H15N5O4/c1-2-22-10(19)8-6-9(7-8)18-12(20)15-11(16-13(18)21)17-5-3-4-14-17/h3-5,8-9H,2,6-7H2,1H3,(H,15,16,20,21). The Bertz CT molecular complexity index is 754. The molecule has 1 aliphatic carbocycles. The molecule has 2 aromatic heterocycles. The van der Waals surface area contributed by atoms with Gasteiger partial charge in [-0.05, 0) is 25.8 Å². The van der Waals surface area contributed by atoms with Gasteiger partial charge < -0.3 is 4.74 Å². The fraction of sp³-hybridized carbons (Fsp3) is 0.462. The van der Waals surface area contributed by atoms with Crippen LogP contribution < -0.4 is 11.4 Å². The maximum absolute atomic E-state index is 12.1. The van der Waals surface area contributed by atoms with Crippen LogP contribution in [0.5, 0.6) is 0 Å². The largest absolute Gasteiger partial charge is 0.466 e. The molecule has 0 radical (unpaired) electrons. The van der Waals surface area contributed by atoms with Crippen LogP contribution in [0.3, 0.4) is 0 Å². The van der Waals surface area contributed by atoms with Crippen molar-refractivity contribution in [2.45, 2.75) is 25.8 Å². The van der Waals surface area contributed by atoms with Gasteiger partial charge in [-0.3, -0.25) is 9.78 Å². The van der Waals surface area contributed by atoms with E-state index < -0.39 is 11.4 Å². The number of hydrogen-bond donors (Lipinski definition) is 1. The van der Waals surface area contributed by atoms with Crippen molar-refractivity contribution in [3.63, 3.8) is 0 Å². The van der Waals surface area contributed by atoms with Gasteiger partial charge in [-0.25, -0.2) is 18.8 Å². The van der Waals surface area contributed by atoms with Crippen LogP contribution in [0.2, 0.25) is 0 Å². The topological polar surface area (TPSA) is 112 Å². The number of esters is 1. The number of hydrogen-bond acceptors (Lipinski definition) is 6. The lowest BCUT2D eigenvalue weighted by molar-refractivity contribution is -0.152. The summed E-state index contributed by atoms with van der Waals surface area (Å²) in [6.45, 7) is 2.06. The molecule has 1 saturated carbocycles. The van der Waals surface area contributed by atoms with Crippen molar-refractivity contribution in [2.75, 3.05) is 6.61 Å². The molecule has 0 aliphatic heterocycles. The van der Waals surface area contributed by atoms with Gasteiger partial charge in [0, 0.05) is 18.4 Å². The van der Waals surface area contributed by atoms with Gasteiger partial charge >= 0.3 is 17.3 Å². The molecule has 3 rings (SSSR count). The molecule has 0 amide bonds. The molecule has 22 heavy (non-hydrogen) atoms. The highest BCUT2D eigenvalue weighted by Gasteiger charge is 2.38. The first kappa shape index (κ1) is 14.2. The molecule has 0 saturated heterocycles. The van der Waals surface area contributed by atoms with E-state index in [0.717, 1.165) is 4.57 Å². The van der Waals surface area contributed by atoms with Gasteiger partial charge in [0.15, 0.2) is 0 Å². The Morgan fingerprint density at radius 1 is 1.45 bits per heavy atom. The van der Waals surface area contributed by atoms with Gasteiger partial charge in [0.1, 0.15) is 0 Å². The fourth-order valence-electron chi connectivity index (χ4n) is 2.49. The van der Waals surface area contributed by atoms with Crippen LogP contribution in [0.15, 0.2) is 28.0 Å². The summed E-state index contributed by atoms with van der Waals surface area (Å²) in [6.07, 6.45) is 3.90. The smallest absolute Gasteiger partial charge is 0.355 e. The van der Waals surface area contributed by atoms with Crippen molar-refractivity contribution in [2.24, 2.45) is 5.92 Å². The van der Waals surface area contributed by atoms with E-state index in [0.29, 0.717) is 19.4 Å². The summed E-state index contributed by atoms with van der Waals surface area (Å²) in [4.78, 5) is 42.1. The van der Waals surface area contributed by atoms with E-state index in [9.17, 15) is 14.4 Å². The van der Waals surface area contributed by atoms with E-state index in [-0.39, 0.29) is 23.9 Å². The van der Waals surface area contributed by atoms with Crippen molar-refractivity contribution in [3.8, 4) is 5.95 Å². The molecule has 1 aliphatic rings. The van der Waals surface area contributed by atoms with Crippen LogP contribution in [0.1, 0.15) is 25.8 Å². The highest BCUT2D eigenvalue weighted by molar-refractivity contribution is 5.73. The molecule has 116 valence electrons. The number of aromatic nitrogens is 5. The monoisotopic (exact) mass is 305 g/mol. The Balaban J connectivity index is 1.81. The van der Waals surface area contributed by atoms with Crippen molar-refractivity contribution in [1.29, 1.82) is 0 Å². The second-order valence-electron chi connectivity index (χ2n) is 5.04. The molecule has 1 fully saturated rings. The van der Waals surface area contributed by atoms with E-state index in [2.05, 4.69) is 15.1 Å². The van der Waals surface area contributed by atoms with Crippen molar-refractivity contribution < 1.29 is 9.53 Å². The number of ether oxygens (including phenoxy) is 1. The number of aromatic amines is 1. The normalized spacial score (nSPS) is 20.4. The molecule has 0 atom stereocenters. The SMILES string of the molecule is CCOC(=O)C1CC(n2c(=O)nc(-n3cccn3)[nH]c2=O)C1. The average Bonchev–Trinajstić information content (AvgIpc) is 2.94. The maximum atomic E-state index is 12.1. The number of nitrogens with zero attached hydrogens (tertiary/aromatic N) is 4. The van der Waals surface area contributed by atoms with Crippen LogP contribution in [-0.4, -0.2) is 36.9 Å². The van der Waals surface area contributed by atoms with E-state index >= 15 is 0 Å². The Kier molecular flexibility index (Phi) is 3.61. The summed E-state index contributed by atoms with van der Waals surface area (Å²) >= 11 is 0. The van der Waals surface area contributed by atoms with E-state index in [1.165, 1.54) is 10.9 Å². The molecule has 0 spiro atoms. The van der Waals surface area contributed by atoms with Gasteiger partial charge in [-0.15, -0.1) is 0 Å². The number of H-pyrrole nitrogens is 1. The zero-order valence-electron chi connectivity index (χ0n) is 11.9. The molecule has 2 aromatic rings. The Morgan fingerprint density at radius 2 is 2.23 bits per heavy atom. The van der Waals surface area contributed by atoms with Crippen LogP contribution in [0.4, 0.5) is 0 Å². The Hall–Kier alpha value is -2.71. The second-order valence-corrected chi connectivity index (χ2v) is 5.04. The molecular formula is C13H15N5O4. The number of carbonyl (C=O) groups excluding carboxylic acids is 1. The van der Waals surface area contributed by atoms with Crippen molar-refractivity contribution >= 4 is 5.97 Å². The first-order valence-electron chi connectivity index (χ1n) is 6.99. The summed E-state index contributed by atoms with van der Waals surface area (Å²) in [5.74, 6) is -0.482. The lowest BCUT2D eigenvalue weighted by Crippen LogP contribution is -2.46. The molecular weight excluding hydrogens is 290 g/mol. The summed E-state index contributed by atoms with van der Waals surface area (Å²) in [5.41, 5.74) is -1.21. The lowest BCUT2D eigenvalue weighted by atomic mass is 9.80.